The molecule has 2 aromatic rings. The predicted molar refractivity (Wildman–Crippen MR) is 105 cm³/mol. The van der Waals surface area contributed by atoms with Crippen LogP contribution >= 0.6 is 0 Å². The topological polar surface area (TPSA) is 113 Å². The highest BCUT2D eigenvalue weighted by Crippen LogP contribution is 2.41. The number of carbonyl (C=O) groups is 1. The zero-order chi connectivity index (χ0) is 20.6. The summed E-state index contributed by atoms with van der Waals surface area (Å²) in [6, 6.07) is 5.03. The van der Waals surface area contributed by atoms with Gasteiger partial charge >= 0.3 is 0 Å². The van der Waals surface area contributed by atoms with Gasteiger partial charge in [0.15, 0.2) is 12.1 Å². The average molecular weight is 420 g/mol. The van der Waals surface area contributed by atoms with Crippen LogP contribution in [0.1, 0.15) is 59.5 Å². The van der Waals surface area contributed by atoms with E-state index in [4.69, 9.17) is 4.42 Å². The van der Waals surface area contributed by atoms with Crippen molar-refractivity contribution in [3.63, 3.8) is 0 Å². The van der Waals surface area contributed by atoms with Crippen molar-refractivity contribution >= 4 is 15.9 Å². The Kier molecular flexibility index (Phi) is 5.46. The second-order valence-corrected chi connectivity index (χ2v) is 9.55. The Morgan fingerprint density at radius 1 is 1.38 bits per heavy atom. The fourth-order valence-corrected chi connectivity index (χ4v) is 4.66. The molecule has 1 amide bonds. The largest absolute Gasteiger partial charge is 0.447 e. The SMILES string of the molecule is C[C@H](O)CCNS(=O)(=O)c1ccc2c(c1)CN(C(=O)c1ncoc1C1CC1)CC2. The number of oxazole rings is 1. The molecule has 1 fully saturated rings. The summed E-state index contributed by atoms with van der Waals surface area (Å²) in [7, 11) is -3.67. The number of nitrogens with zero attached hydrogens (tertiary/aromatic N) is 2. The van der Waals surface area contributed by atoms with Gasteiger partial charge in [0.1, 0.15) is 5.76 Å². The lowest BCUT2D eigenvalue weighted by Crippen LogP contribution is -2.36. The number of hydrogen-bond acceptors (Lipinski definition) is 6. The molecule has 2 heterocycles. The van der Waals surface area contributed by atoms with Gasteiger partial charge in [0.05, 0.1) is 11.0 Å². The lowest BCUT2D eigenvalue weighted by atomic mass is 9.99. The molecule has 2 N–H and O–H groups in total. The van der Waals surface area contributed by atoms with Gasteiger partial charge in [-0.1, -0.05) is 6.07 Å². The third-order valence-corrected chi connectivity index (χ3v) is 6.85. The van der Waals surface area contributed by atoms with E-state index in [1.807, 2.05) is 6.07 Å². The van der Waals surface area contributed by atoms with E-state index >= 15 is 0 Å². The normalized spacial score (nSPS) is 17.8. The second kappa shape index (κ2) is 7.89. The van der Waals surface area contributed by atoms with Crippen LogP contribution in [0.2, 0.25) is 0 Å². The number of aliphatic hydroxyl groups excluding tert-OH is 1. The molecule has 1 saturated carbocycles. The van der Waals surface area contributed by atoms with Crippen LogP contribution in [0.3, 0.4) is 0 Å². The van der Waals surface area contributed by atoms with Gasteiger partial charge in [0, 0.05) is 25.6 Å². The molecule has 1 aliphatic carbocycles. The van der Waals surface area contributed by atoms with Crippen molar-refractivity contribution in [1.29, 1.82) is 0 Å². The molecule has 8 nitrogen and oxygen atoms in total. The lowest BCUT2D eigenvalue weighted by Gasteiger charge is -2.29. The molecular formula is C20H25N3O5S. The smallest absolute Gasteiger partial charge is 0.276 e. The molecular weight excluding hydrogens is 394 g/mol. The van der Waals surface area contributed by atoms with Crippen LogP contribution < -0.4 is 4.72 Å². The zero-order valence-corrected chi connectivity index (χ0v) is 17.1. The van der Waals surface area contributed by atoms with Gasteiger partial charge in [-0.15, -0.1) is 0 Å². The van der Waals surface area contributed by atoms with Crippen LogP contribution in [0.15, 0.2) is 33.9 Å². The maximum absolute atomic E-state index is 13.0. The molecule has 29 heavy (non-hydrogen) atoms. The van der Waals surface area contributed by atoms with E-state index in [9.17, 15) is 18.3 Å². The Hall–Kier alpha value is -2.23. The molecule has 1 aliphatic heterocycles. The summed E-state index contributed by atoms with van der Waals surface area (Å²) in [5, 5.41) is 9.31. The van der Waals surface area contributed by atoms with E-state index in [0.29, 0.717) is 37.4 Å². The van der Waals surface area contributed by atoms with Gasteiger partial charge in [-0.05, 0) is 55.9 Å². The fourth-order valence-electron chi connectivity index (χ4n) is 3.56. The number of hydrogen-bond donors (Lipinski definition) is 2. The second-order valence-electron chi connectivity index (χ2n) is 7.78. The molecule has 1 aromatic heterocycles. The molecule has 1 atom stereocenters. The summed E-state index contributed by atoms with van der Waals surface area (Å²) in [6.07, 6.45) is 3.78. The van der Waals surface area contributed by atoms with Crippen molar-refractivity contribution in [2.24, 2.45) is 0 Å². The highest BCUT2D eigenvalue weighted by atomic mass is 32.2. The lowest BCUT2D eigenvalue weighted by molar-refractivity contribution is 0.0727. The zero-order valence-electron chi connectivity index (χ0n) is 16.3. The van der Waals surface area contributed by atoms with Crippen LogP contribution in [0.4, 0.5) is 0 Å². The Morgan fingerprint density at radius 2 is 2.17 bits per heavy atom. The maximum atomic E-state index is 13.0. The summed E-state index contributed by atoms with van der Waals surface area (Å²) in [5.74, 6) is 0.784. The number of carbonyl (C=O) groups excluding carboxylic acids is 1. The Balaban J connectivity index is 1.50. The van der Waals surface area contributed by atoms with Crippen molar-refractivity contribution in [3.05, 3.63) is 47.2 Å². The number of nitrogens with one attached hydrogen (secondary N) is 1. The summed E-state index contributed by atoms with van der Waals surface area (Å²) in [6.45, 7) is 2.67. The standard InChI is InChI=1S/C20H25N3O5S/c1-13(24)6-8-22-29(26,27)17-5-4-14-7-9-23(11-16(14)10-17)20(25)18-19(15-2-3-15)28-12-21-18/h4-5,10,12-13,15,22,24H,2-3,6-9,11H2,1H3/t13-/m0/s1. The fraction of sp³-hybridized carbons (Fsp3) is 0.500. The maximum Gasteiger partial charge on any atom is 0.276 e. The van der Waals surface area contributed by atoms with Gasteiger partial charge < -0.3 is 14.4 Å². The first kappa shape index (κ1) is 20.1. The summed E-state index contributed by atoms with van der Waals surface area (Å²) < 4.78 is 33.0. The molecule has 156 valence electrons. The number of aliphatic hydroxyl groups is 1. The third-order valence-electron chi connectivity index (χ3n) is 5.39. The molecule has 0 spiro atoms. The first-order chi connectivity index (χ1) is 13.8. The molecule has 0 radical (unpaired) electrons. The average Bonchev–Trinajstić information content (AvgIpc) is 3.42. The van der Waals surface area contributed by atoms with Crippen LogP contribution in [0.25, 0.3) is 0 Å². The highest BCUT2D eigenvalue weighted by Gasteiger charge is 2.34. The van der Waals surface area contributed by atoms with Crippen LogP contribution in [-0.2, 0) is 23.0 Å². The minimum Gasteiger partial charge on any atom is -0.447 e. The predicted octanol–water partition coefficient (Wildman–Crippen LogP) is 1.80. The van der Waals surface area contributed by atoms with Crippen LogP contribution in [-0.4, -0.2) is 48.5 Å². The van der Waals surface area contributed by atoms with E-state index in [2.05, 4.69) is 9.71 Å². The van der Waals surface area contributed by atoms with Gasteiger partial charge in [-0.3, -0.25) is 4.79 Å². The number of benzene rings is 1. The quantitative estimate of drug-likeness (QED) is 0.708. The summed E-state index contributed by atoms with van der Waals surface area (Å²) >= 11 is 0. The Bertz CT molecular complexity index is 1010. The number of amides is 1. The van der Waals surface area contributed by atoms with Crippen molar-refractivity contribution < 1.29 is 22.7 Å². The van der Waals surface area contributed by atoms with E-state index in [1.54, 1.807) is 24.0 Å². The first-order valence-electron chi connectivity index (χ1n) is 9.87. The van der Waals surface area contributed by atoms with E-state index in [1.165, 1.54) is 6.39 Å². The molecule has 0 unspecified atom stereocenters. The van der Waals surface area contributed by atoms with Gasteiger partial charge in [0.25, 0.3) is 5.91 Å². The molecule has 0 saturated heterocycles. The van der Waals surface area contributed by atoms with E-state index in [0.717, 1.165) is 24.0 Å². The summed E-state index contributed by atoms with van der Waals surface area (Å²) in [5.41, 5.74) is 2.23. The van der Waals surface area contributed by atoms with Crippen molar-refractivity contribution in [1.82, 2.24) is 14.6 Å². The van der Waals surface area contributed by atoms with Crippen molar-refractivity contribution in [3.8, 4) is 0 Å². The number of rotatable bonds is 7. The number of aromatic nitrogens is 1. The summed E-state index contributed by atoms with van der Waals surface area (Å²) in [4.78, 5) is 18.9. The van der Waals surface area contributed by atoms with Gasteiger partial charge in [-0.25, -0.2) is 18.1 Å². The minimum absolute atomic E-state index is 0.163. The molecule has 1 aromatic carbocycles. The monoisotopic (exact) mass is 419 g/mol. The van der Waals surface area contributed by atoms with Gasteiger partial charge in [-0.2, -0.15) is 0 Å². The molecule has 9 heteroatoms. The van der Waals surface area contributed by atoms with Gasteiger partial charge in [0.2, 0.25) is 10.0 Å². The van der Waals surface area contributed by atoms with E-state index in [-0.39, 0.29) is 23.3 Å². The molecule has 2 aliphatic rings. The number of fused-ring (bicyclic) bond motifs is 1. The number of sulfonamides is 1. The minimum atomic E-state index is -3.67. The van der Waals surface area contributed by atoms with Crippen molar-refractivity contribution in [2.45, 2.75) is 56.1 Å². The van der Waals surface area contributed by atoms with E-state index < -0.39 is 16.1 Å². The first-order valence-corrected chi connectivity index (χ1v) is 11.4. The molecule has 4 rings (SSSR count). The van der Waals surface area contributed by atoms with Crippen LogP contribution in [0, 0.1) is 0 Å². The highest BCUT2D eigenvalue weighted by molar-refractivity contribution is 7.89. The van der Waals surface area contributed by atoms with Crippen LogP contribution in [0.5, 0.6) is 0 Å². The Labute approximate surface area is 170 Å². The molecule has 0 bridgehead atoms. The third kappa shape index (κ3) is 4.36. The van der Waals surface area contributed by atoms with Crippen molar-refractivity contribution in [2.75, 3.05) is 13.1 Å². The Morgan fingerprint density at radius 3 is 2.90 bits per heavy atom.